The number of nitrogens with zero attached hydrogens (tertiary/aromatic N) is 2. The van der Waals surface area contributed by atoms with Crippen molar-refractivity contribution in [3.63, 3.8) is 0 Å². The fraction of sp³-hybridized carbons (Fsp3) is 0.462. The van der Waals surface area contributed by atoms with E-state index in [-0.39, 0.29) is 16.8 Å². The normalized spacial score (nSPS) is 10.8. The van der Waals surface area contributed by atoms with Gasteiger partial charge in [-0.15, -0.1) is 0 Å². The van der Waals surface area contributed by atoms with Crippen LogP contribution in [0.2, 0.25) is 0 Å². The second-order valence-electron chi connectivity index (χ2n) is 4.86. The fourth-order valence-electron chi connectivity index (χ4n) is 1.94. The third kappa shape index (κ3) is 3.45. The summed E-state index contributed by atoms with van der Waals surface area (Å²) in [6.45, 7) is 6.22. The minimum atomic E-state index is -0.542. The van der Waals surface area contributed by atoms with Crippen LogP contribution in [0, 0.1) is 21.4 Å². The van der Waals surface area contributed by atoms with Gasteiger partial charge >= 0.3 is 0 Å². The number of hydrogen-bond acceptors (Lipinski definition) is 4. The Kier molecular flexibility index (Phi) is 4.27. The molecule has 0 amide bonds. The van der Waals surface area contributed by atoms with Gasteiger partial charge in [0.1, 0.15) is 11.6 Å². The third-order valence-electron chi connectivity index (χ3n) is 2.67. The first-order valence-electron chi connectivity index (χ1n) is 5.86. The number of benzene rings is 1. The summed E-state index contributed by atoms with van der Waals surface area (Å²) >= 11 is 0. The van der Waals surface area contributed by atoms with Gasteiger partial charge in [0.15, 0.2) is 0 Å². The Morgan fingerprint density at radius 3 is 2.67 bits per heavy atom. The lowest BCUT2D eigenvalue weighted by atomic mass is 9.98. The zero-order valence-electron chi connectivity index (χ0n) is 10.9. The topological polar surface area (TPSA) is 79.0 Å². The predicted molar refractivity (Wildman–Crippen MR) is 70.4 cm³/mol. The zero-order valence-corrected chi connectivity index (χ0v) is 10.9. The number of anilines is 1. The maximum atomic E-state index is 10.7. The average Bonchev–Trinajstić information content (AvgIpc) is 2.27. The van der Waals surface area contributed by atoms with Gasteiger partial charge in [0.25, 0.3) is 5.69 Å². The zero-order chi connectivity index (χ0) is 13.8. The number of nitro groups is 1. The molecule has 0 saturated carbocycles. The highest BCUT2D eigenvalue weighted by Gasteiger charge is 2.18. The first-order valence-corrected chi connectivity index (χ1v) is 5.86. The van der Waals surface area contributed by atoms with E-state index in [2.05, 4.69) is 26.1 Å². The molecule has 0 radical (unpaired) electrons. The summed E-state index contributed by atoms with van der Waals surface area (Å²) in [5.74, 6) is 0. The molecule has 5 nitrogen and oxygen atoms in total. The number of nitro benzene ring substituents is 1. The van der Waals surface area contributed by atoms with Gasteiger partial charge in [-0.1, -0.05) is 13.3 Å². The number of hydrogen-bond donors (Lipinski definition) is 1. The molecule has 1 N–H and O–H groups in total. The van der Waals surface area contributed by atoms with Crippen LogP contribution >= 0.6 is 0 Å². The molecule has 0 heterocycles. The van der Waals surface area contributed by atoms with Crippen molar-refractivity contribution in [1.29, 1.82) is 5.26 Å². The number of nitrogens with one attached hydrogen (secondary N) is 1. The van der Waals surface area contributed by atoms with Gasteiger partial charge in [-0.25, -0.2) is 0 Å². The molecular weight excluding hydrogens is 230 g/mol. The van der Waals surface area contributed by atoms with Gasteiger partial charge in [-0.05, 0) is 32.4 Å². The molecule has 5 heteroatoms. The van der Waals surface area contributed by atoms with Crippen LogP contribution in [-0.4, -0.2) is 10.5 Å². The molecule has 1 aromatic carbocycles. The highest BCUT2D eigenvalue weighted by molar-refractivity contribution is 5.59. The van der Waals surface area contributed by atoms with Crippen molar-refractivity contribution in [3.05, 3.63) is 33.9 Å². The van der Waals surface area contributed by atoms with Crippen LogP contribution in [0.4, 0.5) is 11.4 Å². The molecule has 0 aliphatic carbocycles. The first-order chi connectivity index (χ1) is 8.39. The summed E-state index contributed by atoms with van der Waals surface area (Å²) in [5.41, 5.74) is 0.557. The van der Waals surface area contributed by atoms with Crippen molar-refractivity contribution in [2.45, 2.75) is 39.2 Å². The lowest BCUT2D eigenvalue weighted by Gasteiger charge is -2.27. The second kappa shape index (κ2) is 5.50. The summed E-state index contributed by atoms with van der Waals surface area (Å²) in [5, 5.41) is 22.9. The van der Waals surface area contributed by atoms with Gasteiger partial charge in [0.2, 0.25) is 0 Å². The van der Waals surface area contributed by atoms with Crippen molar-refractivity contribution in [3.8, 4) is 6.07 Å². The number of rotatable bonds is 5. The van der Waals surface area contributed by atoms with Gasteiger partial charge in [0.05, 0.1) is 4.92 Å². The molecule has 0 aliphatic rings. The van der Waals surface area contributed by atoms with Gasteiger partial charge in [-0.2, -0.15) is 5.26 Å². The standard InChI is InChI=1S/C13H17N3O2/c1-4-7-13(2,3)15-11-5-6-12(16(17)18)10(8-11)9-14/h5-6,8,15H,4,7H2,1-3H3. The van der Waals surface area contributed by atoms with E-state index in [4.69, 9.17) is 5.26 Å². The largest absolute Gasteiger partial charge is 0.380 e. The van der Waals surface area contributed by atoms with E-state index in [1.807, 2.05) is 6.07 Å². The highest BCUT2D eigenvalue weighted by atomic mass is 16.6. The Hall–Kier alpha value is -2.09. The van der Waals surface area contributed by atoms with E-state index in [1.165, 1.54) is 12.1 Å². The molecule has 0 aromatic heterocycles. The Labute approximate surface area is 107 Å². The Balaban J connectivity index is 3.00. The average molecular weight is 247 g/mol. The van der Waals surface area contributed by atoms with Gasteiger partial charge in [-0.3, -0.25) is 10.1 Å². The lowest BCUT2D eigenvalue weighted by Crippen LogP contribution is -2.30. The lowest BCUT2D eigenvalue weighted by molar-refractivity contribution is -0.385. The molecule has 1 aromatic rings. The van der Waals surface area contributed by atoms with E-state index >= 15 is 0 Å². The van der Waals surface area contributed by atoms with Crippen molar-refractivity contribution in [1.82, 2.24) is 0 Å². The van der Waals surface area contributed by atoms with E-state index < -0.39 is 4.92 Å². The van der Waals surface area contributed by atoms with Crippen LogP contribution in [-0.2, 0) is 0 Å². The summed E-state index contributed by atoms with van der Waals surface area (Å²) < 4.78 is 0. The van der Waals surface area contributed by atoms with E-state index in [0.29, 0.717) is 0 Å². The summed E-state index contributed by atoms with van der Waals surface area (Å²) in [6, 6.07) is 6.38. The Morgan fingerprint density at radius 2 is 2.17 bits per heavy atom. The molecule has 1 rings (SSSR count). The molecule has 0 atom stereocenters. The minimum absolute atomic E-state index is 0.0808. The fourth-order valence-corrected chi connectivity index (χ4v) is 1.94. The van der Waals surface area contributed by atoms with Gasteiger partial charge < -0.3 is 5.32 Å². The maximum Gasteiger partial charge on any atom is 0.287 e. The van der Waals surface area contributed by atoms with E-state index in [0.717, 1.165) is 18.5 Å². The van der Waals surface area contributed by atoms with Crippen LogP contribution in [0.3, 0.4) is 0 Å². The third-order valence-corrected chi connectivity index (χ3v) is 2.67. The minimum Gasteiger partial charge on any atom is -0.380 e. The predicted octanol–water partition coefficient (Wildman–Crippen LogP) is 3.46. The molecular formula is C13H17N3O2. The summed E-state index contributed by atoms with van der Waals surface area (Å²) in [6.07, 6.45) is 2.02. The van der Waals surface area contributed by atoms with Crippen molar-refractivity contribution < 1.29 is 4.92 Å². The van der Waals surface area contributed by atoms with Gasteiger partial charge in [0, 0.05) is 17.3 Å². The second-order valence-corrected chi connectivity index (χ2v) is 4.86. The highest BCUT2D eigenvalue weighted by Crippen LogP contribution is 2.25. The van der Waals surface area contributed by atoms with Crippen LogP contribution in [0.5, 0.6) is 0 Å². The number of nitriles is 1. The van der Waals surface area contributed by atoms with Crippen LogP contribution in [0.25, 0.3) is 0 Å². The van der Waals surface area contributed by atoms with Crippen molar-refractivity contribution in [2.75, 3.05) is 5.32 Å². The molecule has 0 fully saturated rings. The molecule has 96 valence electrons. The molecule has 0 bridgehead atoms. The SMILES string of the molecule is CCCC(C)(C)Nc1ccc([N+](=O)[O-])c(C#N)c1. The maximum absolute atomic E-state index is 10.7. The Morgan fingerprint density at radius 1 is 1.50 bits per heavy atom. The smallest absolute Gasteiger partial charge is 0.287 e. The van der Waals surface area contributed by atoms with E-state index in [9.17, 15) is 10.1 Å². The van der Waals surface area contributed by atoms with Crippen LogP contribution < -0.4 is 5.32 Å². The first kappa shape index (κ1) is 14.0. The molecule has 0 unspecified atom stereocenters. The Bertz CT molecular complexity index is 489. The quantitative estimate of drug-likeness (QED) is 0.638. The molecule has 0 aliphatic heterocycles. The van der Waals surface area contributed by atoms with Crippen LogP contribution in [0.1, 0.15) is 39.2 Å². The van der Waals surface area contributed by atoms with Crippen molar-refractivity contribution in [2.24, 2.45) is 0 Å². The van der Waals surface area contributed by atoms with Crippen molar-refractivity contribution >= 4 is 11.4 Å². The van der Waals surface area contributed by atoms with Crippen LogP contribution in [0.15, 0.2) is 18.2 Å². The monoisotopic (exact) mass is 247 g/mol. The summed E-state index contributed by atoms with van der Waals surface area (Å²) in [4.78, 5) is 10.2. The molecule has 18 heavy (non-hydrogen) atoms. The molecule has 0 spiro atoms. The molecule has 0 saturated heterocycles. The van der Waals surface area contributed by atoms with E-state index in [1.54, 1.807) is 6.07 Å². The summed E-state index contributed by atoms with van der Waals surface area (Å²) in [7, 11) is 0.